The average Bonchev–Trinajstić information content (AvgIpc) is 2.46. The van der Waals surface area contributed by atoms with Gasteiger partial charge in [0.1, 0.15) is 11.4 Å². The molecule has 1 aliphatic rings. The van der Waals surface area contributed by atoms with Crippen molar-refractivity contribution in [2.24, 2.45) is 5.92 Å². The van der Waals surface area contributed by atoms with Crippen LogP contribution in [0.1, 0.15) is 39.2 Å². The van der Waals surface area contributed by atoms with E-state index in [1.165, 1.54) is 0 Å². The van der Waals surface area contributed by atoms with E-state index in [9.17, 15) is 4.79 Å². The lowest BCUT2D eigenvalue weighted by molar-refractivity contribution is 0.0170. The molecule has 2 rings (SSSR count). The molecule has 0 spiro atoms. The molecular formula is C18H29N3O2. The van der Waals surface area contributed by atoms with Crippen molar-refractivity contribution < 1.29 is 9.53 Å². The monoisotopic (exact) mass is 319 g/mol. The highest BCUT2D eigenvalue weighted by molar-refractivity contribution is 5.68. The third-order valence-corrected chi connectivity index (χ3v) is 3.99. The SMILES string of the molecule is Cc1ccc(N(C)C[C@@H]2CCCN(C(=O)OC(C)(C)C)C2)nc1. The Bertz CT molecular complexity index is 522. The fourth-order valence-electron chi connectivity index (χ4n) is 2.87. The molecule has 0 saturated carbocycles. The Balaban J connectivity index is 1.90. The molecular weight excluding hydrogens is 290 g/mol. The van der Waals surface area contributed by atoms with Gasteiger partial charge in [0.2, 0.25) is 0 Å². The maximum Gasteiger partial charge on any atom is 0.410 e. The van der Waals surface area contributed by atoms with Gasteiger partial charge in [0, 0.05) is 32.9 Å². The second-order valence-electron chi connectivity index (χ2n) is 7.51. The molecule has 5 nitrogen and oxygen atoms in total. The topological polar surface area (TPSA) is 45.7 Å². The molecule has 0 radical (unpaired) electrons. The van der Waals surface area contributed by atoms with Gasteiger partial charge in [-0.25, -0.2) is 9.78 Å². The van der Waals surface area contributed by atoms with Crippen molar-refractivity contribution in [3.05, 3.63) is 23.9 Å². The third kappa shape index (κ3) is 5.41. The Morgan fingerprint density at radius 3 is 2.78 bits per heavy atom. The fourth-order valence-corrected chi connectivity index (χ4v) is 2.87. The minimum atomic E-state index is -0.438. The van der Waals surface area contributed by atoms with Crippen molar-refractivity contribution in [3.63, 3.8) is 0 Å². The number of piperidine rings is 1. The Morgan fingerprint density at radius 2 is 2.17 bits per heavy atom. The van der Waals surface area contributed by atoms with Crippen molar-refractivity contribution in [2.75, 3.05) is 31.6 Å². The van der Waals surface area contributed by atoms with Gasteiger partial charge in [-0.3, -0.25) is 0 Å². The van der Waals surface area contributed by atoms with E-state index in [0.29, 0.717) is 5.92 Å². The predicted molar refractivity (Wildman–Crippen MR) is 92.8 cm³/mol. The van der Waals surface area contributed by atoms with Crippen LogP contribution < -0.4 is 4.90 Å². The number of likely N-dealkylation sites (tertiary alicyclic amines) is 1. The maximum absolute atomic E-state index is 12.2. The minimum Gasteiger partial charge on any atom is -0.444 e. The summed E-state index contributed by atoms with van der Waals surface area (Å²) in [5.74, 6) is 1.43. The van der Waals surface area contributed by atoms with Gasteiger partial charge in [-0.2, -0.15) is 0 Å². The van der Waals surface area contributed by atoms with E-state index in [-0.39, 0.29) is 6.09 Å². The summed E-state index contributed by atoms with van der Waals surface area (Å²) in [4.78, 5) is 20.7. The predicted octanol–water partition coefficient (Wildman–Crippen LogP) is 3.47. The third-order valence-electron chi connectivity index (χ3n) is 3.99. The van der Waals surface area contributed by atoms with E-state index in [1.807, 2.05) is 44.9 Å². The van der Waals surface area contributed by atoms with Gasteiger partial charge >= 0.3 is 6.09 Å². The van der Waals surface area contributed by atoms with E-state index in [4.69, 9.17) is 4.74 Å². The number of ether oxygens (including phenoxy) is 1. The van der Waals surface area contributed by atoms with Gasteiger partial charge in [-0.05, 0) is 58.1 Å². The summed E-state index contributed by atoms with van der Waals surface area (Å²) >= 11 is 0. The number of hydrogen-bond acceptors (Lipinski definition) is 4. The van der Waals surface area contributed by atoms with Gasteiger partial charge in [0.25, 0.3) is 0 Å². The second kappa shape index (κ2) is 7.20. The van der Waals surface area contributed by atoms with Crippen molar-refractivity contribution >= 4 is 11.9 Å². The summed E-state index contributed by atoms with van der Waals surface area (Å²) in [5.41, 5.74) is 0.725. The molecule has 128 valence electrons. The zero-order valence-corrected chi connectivity index (χ0v) is 15.0. The van der Waals surface area contributed by atoms with Crippen molar-refractivity contribution in [1.29, 1.82) is 0 Å². The molecule has 1 fully saturated rings. The van der Waals surface area contributed by atoms with Crippen LogP contribution in [0.15, 0.2) is 18.3 Å². The smallest absolute Gasteiger partial charge is 0.410 e. The molecule has 2 heterocycles. The van der Waals surface area contributed by atoms with Crippen LogP contribution in [0.2, 0.25) is 0 Å². The quantitative estimate of drug-likeness (QED) is 0.856. The van der Waals surface area contributed by atoms with Gasteiger partial charge < -0.3 is 14.5 Å². The van der Waals surface area contributed by atoms with Gasteiger partial charge in [0.05, 0.1) is 0 Å². The largest absolute Gasteiger partial charge is 0.444 e. The van der Waals surface area contributed by atoms with E-state index >= 15 is 0 Å². The molecule has 1 atom stereocenters. The van der Waals surface area contributed by atoms with E-state index in [0.717, 1.165) is 43.9 Å². The first-order chi connectivity index (χ1) is 10.7. The normalized spacial score (nSPS) is 18.7. The number of hydrogen-bond donors (Lipinski definition) is 0. The lowest BCUT2D eigenvalue weighted by Gasteiger charge is -2.35. The first-order valence-corrected chi connectivity index (χ1v) is 8.36. The van der Waals surface area contributed by atoms with Crippen molar-refractivity contribution in [3.8, 4) is 0 Å². The summed E-state index contributed by atoms with van der Waals surface area (Å²) in [6.07, 6.45) is 3.85. The number of carbonyl (C=O) groups is 1. The van der Waals surface area contributed by atoms with E-state index in [1.54, 1.807) is 0 Å². The average molecular weight is 319 g/mol. The lowest BCUT2D eigenvalue weighted by Crippen LogP contribution is -2.45. The molecule has 1 saturated heterocycles. The molecule has 0 bridgehead atoms. The van der Waals surface area contributed by atoms with Gasteiger partial charge in [-0.15, -0.1) is 0 Å². The van der Waals surface area contributed by atoms with Gasteiger partial charge in [-0.1, -0.05) is 6.07 Å². The minimum absolute atomic E-state index is 0.196. The summed E-state index contributed by atoms with van der Waals surface area (Å²) in [7, 11) is 2.06. The Morgan fingerprint density at radius 1 is 1.43 bits per heavy atom. The number of aromatic nitrogens is 1. The van der Waals surface area contributed by atoms with Gasteiger partial charge in [0.15, 0.2) is 0 Å². The number of carbonyl (C=O) groups excluding carboxylic acids is 1. The number of pyridine rings is 1. The highest BCUT2D eigenvalue weighted by Gasteiger charge is 2.28. The highest BCUT2D eigenvalue weighted by atomic mass is 16.6. The Kier molecular flexibility index (Phi) is 5.50. The van der Waals surface area contributed by atoms with Crippen LogP contribution in [0.4, 0.5) is 10.6 Å². The number of anilines is 1. The molecule has 1 aromatic heterocycles. The zero-order valence-electron chi connectivity index (χ0n) is 15.0. The number of aryl methyl sites for hydroxylation is 1. The molecule has 0 unspecified atom stereocenters. The van der Waals surface area contributed by atoms with Crippen LogP contribution in [0.5, 0.6) is 0 Å². The number of amides is 1. The Labute approximate surface area is 139 Å². The number of rotatable bonds is 3. The van der Waals surface area contributed by atoms with Crippen molar-refractivity contribution in [2.45, 2.75) is 46.1 Å². The van der Waals surface area contributed by atoms with Crippen LogP contribution in [0, 0.1) is 12.8 Å². The maximum atomic E-state index is 12.2. The molecule has 0 N–H and O–H groups in total. The summed E-state index contributed by atoms with van der Waals surface area (Å²) in [6, 6.07) is 4.12. The Hall–Kier alpha value is -1.78. The van der Waals surface area contributed by atoms with E-state index in [2.05, 4.69) is 23.0 Å². The highest BCUT2D eigenvalue weighted by Crippen LogP contribution is 2.21. The molecule has 23 heavy (non-hydrogen) atoms. The summed E-state index contributed by atoms with van der Waals surface area (Å²) in [6.45, 7) is 10.2. The molecule has 1 aromatic rings. The molecule has 1 aliphatic heterocycles. The standard InChI is InChI=1S/C18H29N3O2/c1-14-8-9-16(19-11-14)20(5)12-15-7-6-10-21(13-15)17(22)23-18(2,3)4/h8-9,11,15H,6-7,10,12-13H2,1-5H3/t15-/m0/s1. The number of nitrogens with zero attached hydrogens (tertiary/aromatic N) is 3. The van der Waals surface area contributed by atoms with Crippen LogP contribution in [0.3, 0.4) is 0 Å². The second-order valence-corrected chi connectivity index (χ2v) is 7.51. The first-order valence-electron chi connectivity index (χ1n) is 8.36. The first kappa shape index (κ1) is 17.6. The van der Waals surface area contributed by atoms with Crippen LogP contribution >= 0.6 is 0 Å². The lowest BCUT2D eigenvalue weighted by atomic mass is 9.98. The fraction of sp³-hybridized carbons (Fsp3) is 0.667. The summed E-state index contributed by atoms with van der Waals surface area (Å²) < 4.78 is 5.49. The van der Waals surface area contributed by atoms with Crippen LogP contribution in [0.25, 0.3) is 0 Å². The zero-order chi connectivity index (χ0) is 17.0. The molecule has 0 aromatic carbocycles. The van der Waals surface area contributed by atoms with Crippen molar-refractivity contribution in [1.82, 2.24) is 9.88 Å². The summed E-state index contributed by atoms with van der Waals surface area (Å²) in [5, 5.41) is 0. The van der Waals surface area contributed by atoms with Crippen LogP contribution in [-0.2, 0) is 4.74 Å². The molecule has 0 aliphatic carbocycles. The molecule has 5 heteroatoms. The van der Waals surface area contributed by atoms with E-state index < -0.39 is 5.60 Å². The van der Waals surface area contributed by atoms with Crippen LogP contribution in [-0.4, -0.2) is 48.3 Å². The molecule has 1 amide bonds.